The average molecular weight is 424 g/mol. The maximum absolute atomic E-state index is 13.2. The number of carbonyl (C=O) groups is 1. The molecule has 0 saturated heterocycles. The third-order valence-electron chi connectivity index (χ3n) is 4.48. The van der Waals surface area contributed by atoms with E-state index in [0.29, 0.717) is 22.9 Å². The Hall–Kier alpha value is -4.28. The van der Waals surface area contributed by atoms with Crippen molar-refractivity contribution in [3.8, 4) is 17.2 Å². The van der Waals surface area contributed by atoms with Gasteiger partial charge in [-0.1, -0.05) is 5.21 Å². The molecule has 0 bridgehead atoms. The highest BCUT2D eigenvalue weighted by molar-refractivity contribution is 5.91. The number of halogens is 1. The van der Waals surface area contributed by atoms with Crippen molar-refractivity contribution in [2.45, 2.75) is 6.54 Å². The molecular weight excluding hydrogens is 407 g/mol. The Balaban J connectivity index is 1.56. The van der Waals surface area contributed by atoms with Crippen LogP contribution >= 0.6 is 0 Å². The van der Waals surface area contributed by atoms with E-state index in [0.717, 1.165) is 4.57 Å². The van der Waals surface area contributed by atoms with Crippen LogP contribution in [0.3, 0.4) is 0 Å². The number of nitrogens with zero attached hydrogens (tertiary/aromatic N) is 5. The zero-order valence-electron chi connectivity index (χ0n) is 16.6. The summed E-state index contributed by atoms with van der Waals surface area (Å²) in [5.74, 6) is 0.138. The van der Waals surface area contributed by atoms with Crippen LogP contribution in [-0.4, -0.2) is 44.7 Å². The lowest BCUT2D eigenvalue weighted by molar-refractivity contribution is -0.116. The number of ether oxygens (including phenoxy) is 2. The summed E-state index contributed by atoms with van der Waals surface area (Å²) in [5.41, 5.74) is 0.645. The highest BCUT2D eigenvalue weighted by atomic mass is 19.1. The fourth-order valence-electron chi connectivity index (χ4n) is 2.98. The van der Waals surface area contributed by atoms with Gasteiger partial charge in [0.25, 0.3) is 5.56 Å². The largest absolute Gasteiger partial charge is 0.493 e. The molecule has 0 saturated carbocycles. The lowest BCUT2D eigenvalue weighted by Crippen LogP contribution is -2.28. The SMILES string of the molecule is COc1ccc(NC(=O)Cn2cnc3c(nnn3-c3ccc(F)cc3)c2=O)cc1OC. The van der Waals surface area contributed by atoms with E-state index in [4.69, 9.17) is 9.47 Å². The summed E-state index contributed by atoms with van der Waals surface area (Å²) in [5, 5.41) is 10.5. The monoisotopic (exact) mass is 424 g/mol. The lowest BCUT2D eigenvalue weighted by atomic mass is 10.2. The number of hydrogen-bond acceptors (Lipinski definition) is 7. The number of carbonyl (C=O) groups excluding carboxylic acids is 1. The fraction of sp³-hybridized carbons (Fsp3) is 0.150. The Morgan fingerprint density at radius 1 is 1.10 bits per heavy atom. The van der Waals surface area contributed by atoms with Crippen molar-refractivity contribution in [2.75, 3.05) is 19.5 Å². The number of rotatable bonds is 6. The molecule has 0 aliphatic carbocycles. The Kier molecular flexibility index (Phi) is 5.31. The summed E-state index contributed by atoms with van der Waals surface area (Å²) in [6.45, 7) is -0.278. The fourth-order valence-corrected chi connectivity index (χ4v) is 2.98. The molecule has 2 aromatic carbocycles. The summed E-state index contributed by atoms with van der Waals surface area (Å²) in [4.78, 5) is 29.4. The Labute approximate surface area is 174 Å². The van der Waals surface area contributed by atoms with Gasteiger partial charge in [-0.05, 0) is 36.4 Å². The molecule has 1 N–H and O–H groups in total. The maximum Gasteiger partial charge on any atom is 0.284 e. The van der Waals surface area contributed by atoms with E-state index in [1.807, 2.05) is 0 Å². The number of fused-ring (bicyclic) bond motifs is 1. The second kappa shape index (κ2) is 8.22. The zero-order valence-corrected chi connectivity index (χ0v) is 16.6. The number of anilines is 1. The topological polar surface area (TPSA) is 113 Å². The highest BCUT2D eigenvalue weighted by Crippen LogP contribution is 2.29. The second-order valence-electron chi connectivity index (χ2n) is 6.45. The van der Waals surface area contributed by atoms with Crippen molar-refractivity contribution >= 4 is 22.8 Å². The molecule has 4 aromatic rings. The average Bonchev–Trinajstić information content (AvgIpc) is 3.21. The number of hydrogen-bond donors (Lipinski definition) is 1. The molecule has 0 unspecified atom stereocenters. The van der Waals surface area contributed by atoms with Gasteiger partial charge in [0.1, 0.15) is 18.7 Å². The molecule has 0 atom stereocenters. The molecule has 2 heterocycles. The van der Waals surface area contributed by atoms with E-state index in [-0.39, 0.29) is 17.7 Å². The standard InChI is InChI=1S/C20H17FN6O4/c1-30-15-8-5-13(9-16(15)31-2)23-17(28)10-26-11-22-19-18(20(26)29)24-25-27(19)14-6-3-12(21)4-7-14/h3-9,11H,10H2,1-2H3,(H,23,28). The van der Waals surface area contributed by atoms with Crippen LogP contribution in [0.2, 0.25) is 0 Å². The van der Waals surface area contributed by atoms with Gasteiger partial charge in [-0.15, -0.1) is 5.10 Å². The lowest BCUT2D eigenvalue weighted by Gasteiger charge is -2.11. The van der Waals surface area contributed by atoms with Gasteiger partial charge in [0.15, 0.2) is 22.7 Å². The molecule has 0 aliphatic heterocycles. The summed E-state index contributed by atoms with van der Waals surface area (Å²) in [6, 6.07) is 10.4. The van der Waals surface area contributed by atoms with Crippen LogP contribution in [-0.2, 0) is 11.3 Å². The van der Waals surface area contributed by atoms with Crippen LogP contribution < -0.4 is 20.3 Å². The quantitative estimate of drug-likeness (QED) is 0.502. The van der Waals surface area contributed by atoms with Gasteiger partial charge < -0.3 is 14.8 Å². The van der Waals surface area contributed by atoms with Crippen molar-refractivity contribution in [1.29, 1.82) is 0 Å². The van der Waals surface area contributed by atoms with E-state index >= 15 is 0 Å². The number of methoxy groups -OCH3 is 2. The van der Waals surface area contributed by atoms with Gasteiger partial charge in [-0.2, -0.15) is 4.68 Å². The molecule has 0 spiro atoms. The molecule has 4 rings (SSSR count). The van der Waals surface area contributed by atoms with Gasteiger partial charge in [0, 0.05) is 11.8 Å². The Morgan fingerprint density at radius 3 is 2.55 bits per heavy atom. The molecule has 1 amide bonds. The van der Waals surface area contributed by atoms with E-state index in [9.17, 15) is 14.0 Å². The molecule has 10 nitrogen and oxygen atoms in total. The van der Waals surface area contributed by atoms with Crippen molar-refractivity contribution < 1.29 is 18.7 Å². The van der Waals surface area contributed by atoms with Gasteiger partial charge in [-0.25, -0.2) is 9.37 Å². The number of amides is 1. The minimum absolute atomic E-state index is 0.00857. The molecule has 0 radical (unpaired) electrons. The molecule has 2 aromatic heterocycles. The van der Waals surface area contributed by atoms with Gasteiger partial charge in [0.05, 0.1) is 19.9 Å². The number of benzene rings is 2. The predicted molar refractivity (Wildman–Crippen MR) is 109 cm³/mol. The van der Waals surface area contributed by atoms with E-state index in [2.05, 4.69) is 20.6 Å². The van der Waals surface area contributed by atoms with Crippen LogP contribution in [0.25, 0.3) is 16.9 Å². The molecule has 0 aliphatic rings. The first-order valence-corrected chi connectivity index (χ1v) is 9.09. The van der Waals surface area contributed by atoms with Crippen molar-refractivity contribution in [3.63, 3.8) is 0 Å². The first-order valence-electron chi connectivity index (χ1n) is 9.09. The third-order valence-corrected chi connectivity index (χ3v) is 4.48. The number of aromatic nitrogens is 5. The van der Waals surface area contributed by atoms with Crippen LogP contribution in [0.5, 0.6) is 11.5 Å². The maximum atomic E-state index is 13.2. The molecular formula is C20H17FN6O4. The smallest absolute Gasteiger partial charge is 0.284 e. The zero-order chi connectivity index (χ0) is 22.0. The van der Waals surface area contributed by atoms with Crippen LogP contribution in [0.1, 0.15) is 0 Å². The van der Waals surface area contributed by atoms with E-state index < -0.39 is 17.3 Å². The summed E-state index contributed by atoms with van der Waals surface area (Å²) in [6.07, 6.45) is 1.24. The predicted octanol–water partition coefficient (Wildman–Crippen LogP) is 1.77. The minimum atomic E-state index is -0.527. The number of nitrogens with one attached hydrogen (secondary N) is 1. The van der Waals surface area contributed by atoms with Crippen LogP contribution in [0, 0.1) is 5.82 Å². The normalized spacial score (nSPS) is 10.8. The summed E-state index contributed by atoms with van der Waals surface area (Å²) in [7, 11) is 3.00. The van der Waals surface area contributed by atoms with E-state index in [1.54, 1.807) is 18.2 Å². The molecule has 0 fully saturated rings. The summed E-state index contributed by atoms with van der Waals surface area (Å²) >= 11 is 0. The van der Waals surface area contributed by atoms with Gasteiger partial charge in [0.2, 0.25) is 5.91 Å². The van der Waals surface area contributed by atoms with Crippen molar-refractivity contribution in [3.05, 3.63) is 65.0 Å². The van der Waals surface area contributed by atoms with Crippen molar-refractivity contribution in [1.82, 2.24) is 24.5 Å². The van der Waals surface area contributed by atoms with Gasteiger partial charge >= 0.3 is 0 Å². The minimum Gasteiger partial charge on any atom is -0.493 e. The van der Waals surface area contributed by atoms with Crippen LogP contribution in [0.4, 0.5) is 10.1 Å². The molecule has 31 heavy (non-hydrogen) atoms. The van der Waals surface area contributed by atoms with Crippen LogP contribution in [0.15, 0.2) is 53.6 Å². The van der Waals surface area contributed by atoms with Crippen molar-refractivity contribution in [2.24, 2.45) is 0 Å². The Bertz CT molecular complexity index is 1320. The second-order valence-corrected chi connectivity index (χ2v) is 6.45. The summed E-state index contributed by atoms with van der Waals surface area (Å²) < 4.78 is 26.0. The van der Waals surface area contributed by atoms with E-state index in [1.165, 1.54) is 49.5 Å². The molecule has 158 valence electrons. The van der Waals surface area contributed by atoms with Gasteiger partial charge in [-0.3, -0.25) is 14.2 Å². The Morgan fingerprint density at radius 2 is 1.84 bits per heavy atom. The highest BCUT2D eigenvalue weighted by Gasteiger charge is 2.15. The first kappa shape index (κ1) is 20.0. The first-order chi connectivity index (χ1) is 15.0. The third kappa shape index (κ3) is 3.92. The molecule has 11 heteroatoms.